The van der Waals surface area contributed by atoms with Crippen LogP contribution in [0.1, 0.15) is 11.1 Å². The lowest BCUT2D eigenvalue weighted by Crippen LogP contribution is -2.50. The van der Waals surface area contributed by atoms with E-state index in [0.717, 1.165) is 19.6 Å². The van der Waals surface area contributed by atoms with Crippen LogP contribution >= 0.6 is 0 Å². The van der Waals surface area contributed by atoms with Crippen molar-refractivity contribution in [2.24, 2.45) is 5.14 Å². The molecule has 1 fully saturated rings. The average Bonchev–Trinajstić information content (AvgIpc) is 2.28. The zero-order valence-corrected chi connectivity index (χ0v) is 11.4. The Morgan fingerprint density at radius 2 is 1.89 bits per heavy atom. The highest BCUT2D eigenvalue weighted by molar-refractivity contribution is 7.86. The van der Waals surface area contributed by atoms with Crippen LogP contribution in [-0.4, -0.2) is 43.8 Å². The Morgan fingerprint density at radius 3 is 2.44 bits per heavy atom. The quantitative estimate of drug-likeness (QED) is 0.859. The summed E-state index contributed by atoms with van der Waals surface area (Å²) in [6.07, 6.45) is 0. The van der Waals surface area contributed by atoms with Crippen LogP contribution in [0.15, 0.2) is 24.3 Å². The van der Waals surface area contributed by atoms with Crippen molar-refractivity contribution in [3.05, 3.63) is 35.4 Å². The van der Waals surface area contributed by atoms with Gasteiger partial charge in [-0.2, -0.15) is 12.7 Å². The van der Waals surface area contributed by atoms with Gasteiger partial charge in [0.05, 0.1) is 0 Å². The van der Waals surface area contributed by atoms with Gasteiger partial charge < -0.3 is 0 Å². The topological polar surface area (TPSA) is 66.6 Å². The minimum absolute atomic E-state index is 0.477. The molecular formula is C12H19N3O2S. The van der Waals surface area contributed by atoms with E-state index in [0.29, 0.717) is 13.1 Å². The molecule has 1 aromatic rings. The first-order valence-corrected chi connectivity index (χ1v) is 7.51. The summed E-state index contributed by atoms with van der Waals surface area (Å²) in [4.78, 5) is 2.25. The Kier molecular flexibility index (Phi) is 4.01. The van der Waals surface area contributed by atoms with Crippen molar-refractivity contribution in [2.45, 2.75) is 13.5 Å². The molecule has 1 aliphatic rings. The van der Waals surface area contributed by atoms with Crippen LogP contribution < -0.4 is 5.14 Å². The molecule has 0 spiro atoms. The van der Waals surface area contributed by atoms with Gasteiger partial charge in [0.15, 0.2) is 0 Å². The summed E-state index contributed by atoms with van der Waals surface area (Å²) in [7, 11) is -3.52. The fraction of sp³-hybridized carbons (Fsp3) is 0.500. The minimum atomic E-state index is -3.52. The number of hydrogen-bond acceptors (Lipinski definition) is 3. The van der Waals surface area contributed by atoms with Crippen LogP contribution in [0.5, 0.6) is 0 Å². The SMILES string of the molecule is Cc1cccc(CN2CCN(S(N)(=O)=O)CC2)c1. The fourth-order valence-electron chi connectivity index (χ4n) is 2.21. The van der Waals surface area contributed by atoms with E-state index >= 15 is 0 Å². The predicted molar refractivity (Wildman–Crippen MR) is 71.1 cm³/mol. The smallest absolute Gasteiger partial charge is 0.276 e. The van der Waals surface area contributed by atoms with E-state index in [-0.39, 0.29) is 0 Å². The molecule has 1 aromatic carbocycles. The molecular weight excluding hydrogens is 250 g/mol. The highest BCUT2D eigenvalue weighted by Gasteiger charge is 2.23. The number of nitrogens with two attached hydrogens (primary N) is 1. The lowest BCUT2D eigenvalue weighted by atomic mass is 10.1. The molecule has 0 radical (unpaired) electrons. The summed E-state index contributed by atoms with van der Waals surface area (Å²) >= 11 is 0. The van der Waals surface area contributed by atoms with Gasteiger partial charge in [0.25, 0.3) is 10.2 Å². The van der Waals surface area contributed by atoms with Gasteiger partial charge in [0.2, 0.25) is 0 Å². The van der Waals surface area contributed by atoms with Gasteiger partial charge in [-0.15, -0.1) is 0 Å². The van der Waals surface area contributed by atoms with Crippen molar-refractivity contribution in [3.63, 3.8) is 0 Å². The van der Waals surface area contributed by atoms with Crippen LogP contribution in [0.4, 0.5) is 0 Å². The molecule has 0 saturated carbocycles. The molecule has 0 amide bonds. The Bertz CT molecular complexity index is 508. The third kappa shape index (κ3) is 3.52. The van der Waals surface area contributed by atoms with Crippen LogP contribution in [-0.2, 0) is 16.8 Å². The zero-order chi connectivity index (χ0) is 13.2. The molecule has 1 heterocycles. The lowest BCUT2D eigenvalue weighted by molar-refractivity contribution is 0.181. The maximum atomic E-state index is 11.2. The van der Waals surface area contributed by atoms with Crippen LogP contribution in [0.3, 0.4) is 0 Å². The Labute approximate surface area is 108 Å². The predicted octanol–water partition coefficient (Wildman–Crippen LogP) is 0.316. The zero-order valence-electron chi connectivity index (χ0n) is 10.5. The first-order chi connectivity index (χ1) is 8.45. The fourth-order valence-corrected chi connectivity index (χ4v) is 2.88. The summed E-state index contributed by atoms with van der Waals surface area (Å²) in [5.74, 6) is 0. The van der Waals surface area contributed by atoms with Crippen molar-refractivity contribution in [1.82, 2.24) is 9.21 Å². The van der Waals surface area contributed by atoms with E-state index < -0.39 is 10.2 Å². The largest absolute Gasteiger partial charge is 0.296 e. The second kappa shape index (κ2) is 5.36. The highest BCUT2D eigenvalue weighted by Crippen LogP contribution is 2.11. The van der Waals surface area contributed by atoms with E-state index in [1.807, 2.05) is 6.07 Å². The van der Waals surface area contributed by atoms with Gasteiger partial charge in [0.1, 0.15) is 0 Å². The molecule has 0 aliphatic carbocycles. The summed E-state index contributed by atoms with van der Waals surface area (Å²) in [5.41, 5.74) is 2.51. The third-order valence-electron chi connectivity index (χ3n) is 3.18. The van der Waals surface area contributed by atoms with Crippen molar-refractivity contribution in [3.8, 4) is 0 Å². The van der Waals surface area contributed by atoms with Gasteiger partial charge in [-0.1, -0.05) is 29.8 Å². The minimum Gasteiger partial charge on any atom is -0.296 e. The average molecular weight is 269 g/mol. The maximum absolute atomic E-state index is 11.2. The summed E-state index contributed by atoms with van der Waals surface area (Å²) in [5, 5.41) is 5.11. The summed E-state index contributed by atoms with van der Waals surface area (Å²) in [6.45, 7) is 5.34. The van der Waals surface area contributed by atoms with Gasteiger partial charge >= 0.3 is 0 Å². The molecule has 5 nitrogen and oxygen atoms in total. The summed E-state index contributed by atoms with van der Waals surface area (Å²) in [6, 6.07) is 8.37. The van der Waals surface area contributed by atoms with Gasteiger partial charge in [-0.25, -0.2) is 5.14 Å². The molecule has 0 unspecified atom stereocenters. The molecule has 0 atom stereocenters. The van der Waals surface area contributed by atoms with E-state index in [1.165, 1.54) is 15.4 Å². The number of benzene rings is 1. The summed E-state index contributed by atoms with van der Waals surface area (Å²) < 4.78 is 23.7. The first kappa shape index (κ1) is 13.5. The Balaban J connectivity index is 1.91. The molecule has 1 aliphatic heterocycles. The van der Waals surface area contributed by atoms with Crippen molar-refractivity contribution in [2.75, 3.05) is 26.2 Å². The molecule has 2 N–H and O–H groups in total. The monoisotopic (exact) mass is 269 g/mol. The second-order valence-electron chi connectivity index (χ2n) is 4.71. The van der Waals surface area contributed by atoms with E-state index in [9.17, 15) is 8.42 Å². The van der Waals surface area contributed by atoms with Crippen LogP contribution in [0, 0.1) is 6.92 Å². The van der Waals surface area contributed by atoms with Crippen LogP contribution in [0.25, 0.3) is 0 Å². The first-order valence-electron chi connectivity index (χ1n) is 6.01. The van der Waals surface area contributed by atoms with Crippen molar-refractivity contribution >= 4 is 10.2 Å². The number of aryl methyl sites for hydroxylation is 1. The highest BCUT2D eigenvalue weighted by atomic mass is 32.2. The Hall–Kier alpha value is -0.950. The Morgan fingerprint density at radius 1 is 1.22 bits per heavy atom. The van der Waals surface area contributed by atoms with E-state index in [2.05, 4.69) is 30.0 Å². The third-order valence-corrected chi connectivity index (χ3v) is 4.26. The molecule has 6 heteroatoms. The standard InChI is InChI=1S/C12H19N3O2S/c1-11-3-2-4-12(9-11)10-14-5-7-15(8-6-14)18(13,16)17/h2-4,9H,5-8,10H2,1H3,(H2,13,16,17). The molecule has 2 rings (SSSR count). The van der Waals surface area contributed by atoms with Gasteiger partial charge in [-0.05, 0) is 12.5 Å². The molecule has 100 valence electrons. The second-order valence-corrected chi connectivity index (χ2v) is 6.26. The normalized spacial score (nSPS) is 19.0. The lowest BCUT2D eigenvalue weighted by Gasteiger charge is -2.32. The van der Waals surface area contributed by atoms with E-state index in [4.69, 9.17) is 5.14 Å². The van der Waals surface area contributed by atoms with Crippen LogP contribution in [0.2, 0.25) is 0 Å². The molecule has 0 aromatic heterocycles. The number of rotatable bonds is 3. The van der Waals surface area contributed by atoms with E-state index in [1.54, 1.807) is 0 Å². The number of nitrogens with zero attached hydrogens (tertiary/aromatic N) is 2. The molecule has 18 heavy (non-hydrogen) atoms. The number of piperazine rings is 1. The van der Waals surface area contributed by atoms with Gasteiger partial charge in [0, 0.05) is 32.7 Å². The molecule has 0 bridgehead atoms. The van der Waals surface area contributed by atoms with Crippen molar-refractivity contribution < 1.29 is 8.42 Å². The van der Waals surface area contributed by atoms with Gasteiger partial charge in [-0.3, -0.25) is 4.90 Å². The van der Waals surface area contributed by atoms with Crippen molar-refractivity contribution in [1.29, 1.82) is 0 Å². The molecule has 1 saturated heterocycles. The number of hydrogen-bond donors (Lipinski definition) is 1. The maximum Gasteiger partial charge on any atom is 0.276 e.